The van der Waals surface area contributed by atoms with Gasteiger partial charge in [0.15, 0.2) is 11.5 Å². The van der Waals surface area contributed by atoms with Crippen molar-refractivity contribution >= 4 is 28.3 Å². The van der Waals surface area contributed by atoms with Crippen molar-refractivity contribution in [2.75, 3.05) is 39.9 Å². The fourth-order valence-electron chi connectivity index (χ4n) is 3.19. The summed E-state index contributed by atoms with van der Waals surface area (Å²) in [5.41, 5.74) is 0. The number of sulfonamides is 1. The van der Waals surface area contributed by atoms with E-state index in [4.69, 9.17) is 9.47 Å². The number of halogens is 1. The molecule has 0 bridgehead atoms. The molecule has 1 atom stereocenters. The van der Waals surface area contributed by atoms with Gasteiger partial charge in [-0.2, -0.15) is 4.31 Å². The standard InChI is InChI=1S/C18H27N3O5S.ClH/c1-13(19-2)12-20-18(22)14-5-7-21(8-6-14)27(23,24)15-3-4-16-17(11-15)26-10-9-25-16;/h3-4,11,13-14,19H,5-10,12H2,1-2H3,(H,20,22);1H. The number of piperidine rings is 1. The number of nitrogens with one attached hydrogen (secondary N) is 2. The van der Waals surface area contributed by atoms with Gasteiger partial charge in [0.05, 0.1) is 4.90 Å². The van der Waals surface area contributed by atoms with E-state index in [9.17, 15) is 13.2 Å². The summed E-state index contributed by atoms with van der Waals surface area (Å²) < 4.78 is 38.2. The Kier molecular flexibility index (Phi) is 7.94. The Labute approximate surface area is 172 Å². The summed E-state index contributed by atoms with van der Waals surface area (Å²) >= 11 is 0. The van der Waals surface area contributed by atoms with E-state index >= 15 is 0 Å². The maximum Gasteiger partial charge on any atom is 0.243 e. The minimum atomic E-state index is -3.62. The van der Waals surface area contributed by atoms with E-state index in [2.05, 4.69) is 10.6 Å². The maximum absolute atomic E-state index is 12.9. The number of ether oxygens (including phenoxy) is 2. The molecular formula is C18H28ClN3O5S. The van der Waals surface area contributed by atoms with Crippen LogP contribution in [0.4, 0.5) is 0 Å². The third-order valence-corrected chi connectivity index (χ3v) is 6.95. The van der Waals surface area contributed by atoms with Crippen LogP contribution in [0.3, 0.4) is 0 Å². The van der Waals surface area contributed by atoms with Crippen LogP contribution in [0.15, 0.2) is 23.1 Å². The number of hydrogen-bond donors (Lipinski definition) is 2. The highest BCUT2D eigenvalue weighted by Gasteiger charge is 2.32. The van der Waals surface area contributed by atoms with Gasteiger partial charge < -0.3 is 20.1 Å². The first-order valence-electron chi connectivity index (χ1n) is 9.26. The molecule has 8 nitrogen and oxygen atoms in total. The third kappa shape index (κ3) is 5.08. The topological polar surface area (TPSA) is 97.0 Å². The van der Waals surface area contributed by atoms with E-state index in [1.807, 2.05) is 14.0 Å². The van der Waals surface area contributed by atoms with Crippen LogP contribution in [0.2, 0.25) is 0 Å². The fraction of sp³-hybridized carbons (Fsp3) is 0.611. The van der Waals surface area contributed by atoms with Crippen LogP contribution in [0.1, 0.15) is 19.8 Å². The molecule has 0 spiro atoms. The van der Waals surface area contributed by atoms with E-state index < -0.39 is 10.0 Å². The third-order valence-electron chi connectivity index (χ3n) is 5.05. The molecule has 3 rings (SSSR count). The average molecular weight is 434 g/mol. The van der Waals surface area contributed by atoms with Crippen molar-refractivity contribution in [2.45, 2.75) is 30.7 Å². The Morgan fingerprint density at radius 2 is 1.86 bits per heavy atom. The number of likely N-dealkylation sites (N-methyl/N-ethyl adjacent to an activating group) is 1. The second-order valence-electron chi connectivity index (χ2n) is 6.92. The molecule has 0 aliphatic carbocycles. The van der Waals surface area contributed by atoms with E-state index in [-0.39, 0.29) is 35.2 Å². The zero-order valence-corrected chi connectivity index (χ0v) is 17.8. The normalized spacial score (nSPS) is 18.8. The molecule has 0 saturated carbocycles. The Morgan fingerprint density at radius 3 is 2.50 bits per heavy atom. The summed E-state index contributed by atoms with van der Waals surface area (Å²) in [5.74, 6) is 0.857. The molecule has 1 amide bonds. The lowest BCUT2D eigenvalue weighted by molar-refractivity contribution is -0.126. The highest BCUT2D eigenvalue weighted by atomic mass is 35.5. The predicted molar refractivity (Wildman–Crippen MR) is 108 cm³/mol. The SMILES string of the molecule is CNC(C)CNC(=O)C1CCN(S(=O)(=O)c2ccc3c(c2)OCCO3)CC1.Cl. The van der Waals surface area contributed by atoms with Crippen LogP contribution in [0, 0.1) is 5.92 Å². The summed E-state index contributed by atoms with van der Waals surface area (Å²) in [6, 6.07) is 4.89. The predicted octanol–water partition coefficient (Wildman–Crippen LogP) is 1.00. The van der Waals surface area contributed by atoms with E-state index in [1.54, 1.807) is 12.1 Å². The summed E-state index contributed by atoms with van der Waals surface area (Å²) in [5, 5.41) is 5.99. The van der Waals surface area contributed by atoms with Crippen molar-refractivity contribution in [1.29, 1.82) is 0 Å². The molecule has 2 N–H and O–H groups in total. The Morgan fingerprint density at radius 1 is 1.21 bits per heavy atom. The molecule has 1 saturated heterocycles. The quantitative estimate of drug-likeness (QED) is 0.694. The number of carbonyl (C=O) groups is 1. The molecule has 158 valence electrons. The van der Waals surface area contributed by atoms with Gasteiger partial charge in [-0.15, -0.1) is 12.4 Å². The molecule has 1 fully saturated rings. The first kappa shape index (κ1) is 22.7. The van der Waals surface area contributed by atoms with Gasteiger partial charge in [0.25, 0.3) is 0 Å². The average Bonchev–Trinajstić information content (AvgIpc) is 2.71. The van der Waals surface area contributed by atoms with Crippen molar-refractivity contribution in [1.82, 2.24) is 14.9 Å². The van der Waals surface area contributed by atoms with E-state index in [0.717, 1.165) is 0 Å². The summed E-state index contributed by atoms with van der Waals surface area (Å²) in [7, 11) is -1.77. The molecule has 10 heteroatoms. The first-order valence-corrected chi connectivity index (χ1v) is 10.7. The highest BCUT2D eigenvalue weighted by molar-refractivity contribution is 7.89. The number of benzene rings is 1. The Bertz CT molecular complexity index is 781. The second-order valence-corrected chi connectivity index (χ2v) is 8.86. The largest absolute Gasteiger partial charge is 0.486 e. The van der Waals surface area contributed by atoms with Crippen LogP contribution in [-0.2, 0) is 14.8 Å². The van der Waals surface area contributed by atoms with Gasteiger partial charge in [-0.05, 0) is 38.9 Å². The van der Waals surface area contributed by atoms with Gasteiger partial charge in [-0.25, -0.2) is 8.42 Å². The van der Waals surface area contributed by atoms with E-state index in [1.165, 1.54) is 10.4 Å². The monoisotopic (exact) mass is 433 g/mol. The number of hydrogen-bond acceptors (Lipinski definition) is 6. The maximum atomic E-state index is 12.9. The highest BCUT2D eigenvalue weighted by Crippen LogP contribution is 2.34. The van der Waals surface area contributed by atoms with Crippen molar-refractivity contribution in [3.05, 3.63) is 18.2 Å². The molecule has 1 aromatic rings. The number of fused-ring (bicyclic) bond motifs is 1. The van der Waals surface area contributed by atoms with Gasteiger partial charge in [0, 0.05) is 37.7 Å². The van der Waals surface area contributed by atoms with Crippen LogP contribution in [-0.4, -0.2) is 64.6 Å². The second kappa shape index (κ2) is 9.78. The summed E-state index contributed by atoms with van der Waals surface area (Å²) in [4.78, 5) is 12.5. The summed E-state index contributed by atoms with van der Waals surface area (Å²) in [6.07, 6.45) is 1.03. The number of nitrogens with zero attached hydrogens (tertiary/aromatic N) is 1. The molecule has 2 heterocycles. The van der Waals surface area contributed by atoms with Gasteiger partial charge in [0.2, 0.25) is 15.9 Å². The van der Waals surface area contributed by atoms with Crippen molar-refractivity contribution in [3.63, 3.8) is 0 Å². The minimum Gasteiger partial charge on any atom is -0.486 e. The first-order chi connectivity index (χ1) is 12.9. The molecule has 2 aliphatic rings. The zero-order chi connectivity index (χ0) is 19.4. The Balaban J connectivity index is 0.00000280. The van der Waals surface area contributed by atoms with Gasteiger partial charge in [-0.1, -0.05) is 0 Å². The minimum absolute atomic E-state index is 0. The van der Waals surface area contributed by atoms with Gasteiger partial charge >= 0.3 is 0 Å². The molecule has 2 aliphatic heterocycles. The molecular weight excluding hydrogens is 406 g/mol. The summed E-state index contributed by atoms with van der Waals surface area (Å²) in [6.45, 7) is 4.08. The smallest absolute Gasteiger partial charge is 0.243 e. The zero-order valence-electron chi connectivity index (χ0n) is 16.1. The van der Waals surface area contributed by atoms with E-state index in [0.29, 0.717) is 57.2 Å². The lowest BCUT2D eigenvalue weighted by Crippen LogP contribution is -2.45. The van der Waals surface area contributed by atoms with Crippen molar-refractivity contribution in [3.8, 4) is 11.5 Å². The number of carbonyl (C=O) groups excluding carboxylic acids is 1. The molecule has 1 aromatic carbocycles. The van der Waals surface area contributed by atoms with Gasteiger partial charge in [-0.3, -0.25) is 4.79 Å². The fourth-order valence-corrected chi connectivity index (χ4v) is 4.68. The van der Waals surface area contributed by atoms with Gasteiger partial charge in [0.1, 0.15) is 13.2 Å². The lowest BCUT2D eigenvalue weighted by atomic mass is 9.97. The molecule has 0 aromatic heterocycles. The van der Waals surface area contributed by atoms with Crippen LogP contribution in [0.25, 0.3) is 0 Å². The molecule has 1 unspecified atom stereocenters. The number of rotatable bonds is 6. The Hall–Kier alpha value is -1.55. The van der Waals surface area contributed by atoms with Crippen LogP contribution >= 0.6 is 12.4 Å². The van der Waals surface area contributed by atoms with Crippen molar-refractivity contribution < 1.29 is 22.7 Å². The number of amides is 1. The molecule has 28 heavy (non-hydrogen) atoms. The molecule has 0 radical (unpaired) electrons. The lowest BCUT2D eigenvalue weighted by Gasteiger charge is -2.31. The van der Waals surface area contributed by atoms with Crippen molar-refractivity contribution in [2.24, 2.45) is 5.92 Å². The van der Waals surface area contributed by atoms with Crippen LogP contribution in [0.5, 0.6) is 11.5 Å². The van der Waals surface area contributed by atoms with Crippen LogP contribution < -0.4 is 20.1 Å².